The van der Waals surface area contributed by atoms with Gasteiger partial charge in [-0.05, 0) is 18.1 Å². The van der Waals surface area contributed by atoms with Crippen molar-refractivity contribution in [3.05, 3.63) is 29.0 Å². The Kier molecular flexibility index (Phi) is 6.43. The summed E-state index contributed by atoms with van der Waals surface area (Å²) in [4.78, 5) is 3.96. The van der Waals surface area contributed by atoms with Gasteiger partial charge in [-0.1, -0.05) is 50.6 Å². The summed E-state index contributed by atoms with van der Waals surface area (Å²) in [5, 5.41) is 0.684. The molecule has 0 amide bonds. The Bertz CT molecular complexity index is 302. The largest absolute Gasteiger partial charge is 0.324 e. The van der Waals surface area contributed by atoms with Gasteiger partial charge in [0.25, 0.3) is 0 Å². The van der Waals surface area contributed by atoms with E-state index in [2.05, 4.69) is 11.9 Å². The summed E-state index contributed by atoms with van der Waals surface area (Å²) in [5.41, 5.74) is 7.12. The van der Waals surface area contributed by atoms with Crippen molar-refractivity contribution in [3.63, 3.8) is 0 Å². The number of hydrogen-bond acceptors (Lipinski definition) is 2. The monoisotopic (exact) mass is 240 g/mol. The van der Waals surface area contributed by atoms with E-state index >= 15 is 0 Å². The SMILES string of the molecule is CCCCCCCC(N)c1ccncc1Cl. The van der Waals surface area contributed by atoms with Gasteiger partial charge < -0.3 is 5.73 Å². The first-order chi connectivity index (χ1) is 7.75. The molecule has 1 rings (SSSR count). The summed E-state index contributed by atoms with van der Waals surface area (Å²) in [5.74, 6) is 0. The van der Waals surface area contributed by atoms with Crippen LogP contribution in [0.4, 0.5) is 0 Å². The number of pyridine rings is 1. The maximum atomic E-state index is 6.10. The zero-order chi connectivity index (χ0) is 11.8. The Balaban J connectivity index is 2.30. The van der Waals surface area contributed by atoms with Crippen LogP contribution in [0, 0.1) is 0 Å². The number of halogens is 1. The summed E-state index contributed by atoms with van der Waals surface area (Å²) >= 11 is 6.04. The molecule has 2 N–H and O–H groups in total. The highest BCUT2D eigenvalue weighted by atomic mass is 35.5. The molecular weight excluding hydrogens is 220 g/mol. The van der Waals surface area contributed by atoms with Crippen LogP contribution in [0.1, 0.15) is 57.1 Å². The molecule has 0 radical (unpaired) electrons. The molecule has 0 fully saturated rings. The van der Waals surface area contributed by atoms with Crippen molar-refractivity contribution >= 4 is 11.6 Å². The molecule has 0 aromatic carbocycles. The summed E-state index contributed by atoms with van der Waals surface area (Å²) < 4.78 is 0. The van der Waals surface area contributed by atoms with Crippen molar-refractivity contribution in [1.29, 1.82) is 0 Å². The lowest BCUT2D eigenvalue weighted by molar-refractivity contribution is 0.555. The van der Waals surface area contributed by atoms with E-state index in [-0.39, 0.29) is 6.04 Å². The van der Waals surface area contributed by atoms with Crippen molar-refractivity contribution < 1.29 is 0 Å². The zero-order valence-corrected chi connectivity index (χ0v) is 10.7. The number of hydrogen-bond donors (Lipinski definition) is 1. The fourth-order valence-corrected chi connectivity index (χ4v) is 2.07. The summed E-state index contributed by atoms with van der Waals surface area (Å²) in [7, 11) is 0. The van der Waals surface area contributed by atoms with E-state index in [4.69, 9.17) is 17.3 Å². The molecule has 1 aromatic heterocycles. The minimum Gasteiger partial charge on any atom is -0.324 e. The van der Waals surface area contributed by atoms with E-state index in [9.17, 15) is 0 Å². The third-order valence-electron chi connectivity index (χ3n) is 2.82. The number of nitrogens with two attached hydrogens (primary N) is 1. The second-order valence-electron chi connectivity index (χ2n) is 4.21. The van der Waals surface area contributed by atoms with Crippen LogP contribution in [0.5, 0.6) is 0 Å². The van der Waals surface area contributed by atoms with Gasteiger partial charge in [-0.15, -0.1) is 0 Å². The van der Waals surface area contributed by atoms with Crippen LogP contribution in [-0.2, 0) is 0 Å². The normalized spacial score (nSPS) is 12.7. The second-order valence-corrected chi connectivity index (χ2v) is 4.61. The van der Waals surface area contributed by atoms with E-state index in [0.717, 1.165) is 12.0 Å². The minimum absolute atomic E-state index is 0.0529. The van der Waals surface area contributed by atoms with Crippen molar-refractivity contribution in [2.24, 2.45) is 5.73 Å². The van der Waals surface area contributed by atoms with Gasteiger partial charge in [0.15, 0.2) is 0 Å². The van der Waals surface area contributed by atoms with Crippen LogP contribution < -0.4 is 5.73 Å². The molecule has 2 nitrogen and oxygen atoms in total. The van der Waals surface area contributed by atoms with E-state index in [1.54, 1.807) is 12.4 Å². The van der Waals surface area contributed by atoms with Crippen LogP contribution in [0.3, 0.4) is 0 Å². The molecule has 90 valence electrons. The number of nitrogens with zero attached hydrogens (tertiary/aromatic N) is 1. The first kappa shape index (κ1) is 13.5. The van der Waals surface area contributed by atoms with Crippen LogP contribution in [0.25, 0.3) is 0 Å². The predicted molar refractivity (Wildman–Crippen MR) is 69.6 cm³/mol. The zero-order valence-electron chi connectivity index (χ0n) is 9.95. The van der Waals surface area contributed by atoms with Crippen LogP contribution in [-0.4, -0.2) is 4.98 Å². The number of aromatic nitrogens is 1. The maximum Gasteiger partial charge on any atom is 0.0637 e. The Labute approximate surface area is 103 Å². The highest BCUT2D eigenvalue weighted by molar-refractivity contribution is 6.31. The standard InChI is InChI=1S/C13H21ClN2/c1-2-3-4-5-6-7-13(15)11-8-9-16-10-12(11)14/h8-10,13H,2-7,15H2,1H3. The third-order valence-corrected chi connectivity index (χ3v) is 3.14. The lowest BCUT2D eigenvalue weighted by Gasteiger charge is -2.12. The Morgan fingerprint density at radius 2 is 2.06 bits per heavy atom. The molecule has 0 bridgehead atoms. The molecule has 3 heteroatoms. The molecule has 0 spiro atoms. The quantitative estimate of drug-likeness (QED) is 0.729. The van der Waals surface area contributed by atoms with Gasteiger partial charge in [0.1, 0.15) is 0 Å². The summed E-state index contributed by atoms with van der Waals surface area (Å²) in [6, 6.07) is 1.97. The lowest BCUT2D eigenvalue weighted by Crippen LogP contribution is -2.10. The summed E-state index contributed by atoms with van der Waals surface area (Å²) in [6.07, 6.45) is 10.8. The van der Waals surface area contributed by atoms with E-state index in [1.165, 1.54) is 32.1 Å². The van der Waals surface area contributed by atoms with Gasteiger partial charge in [-0.3, -0.25) is 4.98 Å². The molecule has 1 atom stereocenters. The fourth-order valence-electron chi connectivity index (χ4n) is 1.81. The highest BCUT2D eigenvalue weighted by Crippen LogP contribution is 2.23. The van der Waals surface area contributed by atoms with Crippen molar-refractivity contribution in [3.8, 4) is 0 Å². The van der Waals surface area contributed by atoms with E-state index < -0.39 is 0 Å². The van der Waals surface area contributed by atoms with Crippen LogP contribution in [0.2, 0.25) is 5.02 Å². The van der Waals surface area contributed by atoms with Gasteiger partial charge in [-0.25, -0.2) is 0 Å². The average Bonchev–Trinajstić information content (AvgIpc) is 2.29. The van der Waals surface area contributed by atoms with E-state index in [1.807, 2.05) is 6.07 Å². The molecule has 1 heterocycles. The van der Waals surface area contributed by atoms with Crippen molar-refractivity contribution in [2.45, 2.75) is 51.5 Å². The van der Waals surface area contributed by atoms with Gasteiger partial charge in [0.2, 0.25) is 0 Å². The predicted octanol–water partition coefficient (Wildman–Crippen LogP) is 4.10. The fraction of sp³-hybridized carbons (Fsp3) is 0.615. The number of rotatable bonds is 7. The second kappa shape index (κ2) is 7.64. The molecule has 0 aliphatic heterocycles. The Morgan fingerprint density at radius 3 is 2.75 bits per heavy atom. The molecule has 1 unspecified atom stereocenters. The molecular formula is C13H21ClN2. The molecule has 1 aromatic rings. The first-order valence-electron chi connectivity index (χ1n) is 6.10. The molecule has 0 aliphatic rings. The third kappa shape index (κ3) is 4.50. The van der Waals surface area contributed by atoms with Crippen molar-refractivity contribution in [1.82, 2.24) is 4.98 Å². The molecule has 0 saturated heterocycles. The lowest BCUT2D eigenvalue weighted by atomic mass is 10.0. The average molecular weight is 241 g/mol. The van der Waals surface area contributed by atoms with Gasteiger partial charge in [-0.2, -0.15) is 0 Å². The van der Waals surface area contributed by atoms with Crippen LogP contribution in [0.15, 0.2) is 18.5 Å². The highest BCUT2D eigenvalue weighted by Gasteiger charge is 2.09. The molecule has 16 heavy (non-hydrogen) atoms. The van der Waals surface area contributed by atoms with E-state index in [0.29, 0.717) is 5.02 Å². The molecule has 0 aliphatic carbocycles. The Morgan fingerprint density at radius 1 is 1.31 bits per heavy atom. The topological polar surface area (TPSA) is 38.9 Å². The molecule has 0 saturated carbocycles. The smallest absolute Gasteiger partial charge is 0.0637 e. The van der Waals surface area contributed by atoms with Crippen LogP contribution >= 0.6 is 11.6 Å². The van der Waals surface area contributed by atoms with Gasteiger partial charge in [0.05, 0.1) is 5.02 Å². The van der Waals surface area contributed by atoms with Crippen molar-refractivity contribution in [2.75, 3.05) is 0 Å². The number of unbranched alkanes of at least 4 members (excludes halogenated alkanes) is 4. The maximum absolute atomic E-state index is 6.10. The minimum atomic E-state index is 0.0529. The Hall–Kier alpha value is -0.600. The first-order valence-corrected chi connectivity index (χ1v) is 6.48. The summed E-state index contributed by atoms with van der Waals surface area (Å²) in [6.45, 7) is 2.22. The van der Waals surface area contributed by atoms with Gasteiger partial charge in [0, 0.05) is 18.4 Å². The van der Waals surface area contributed by atoms with Gasteiger partial charge >= 0.3 is 0 Å².